The highest BCUT2D eigenvalue weighted by Gasteiger charge is 2.15. The number of hydrogen-bond acceptors (Lipinski definition) is 4. The average molecular weight is 289 g/mol. The zero-order valence-electron chi connectivity index (χ0n) is 12.3. The van der Waals surface area contributed by atoms with Crippen LogP contribution in [-0.2, 0) is 0 Å². The minimum Gasteiger partial charge on any atom is -0.341 e. The molecular formula is C18H17N4. The summed E-state index contributed by atoms with van der Waals surface area (Å²) >= 11 is 0. The number of rotatable bonds is 3. The lowest BCUT2D eigenvalue weighted by Crippen LogP contribution is -2.20. The van der Waals surface area contributed by atoms with E-state index in [0.717, 1.165) is 41.3 Å². The molecule has 109 valence electrons. The number of nitrogens with zero attached hydrogens (tertiary/aromatic N) is 3. The molecule has 3 aromatic rings. The first kappa shape index (κ1) is 13.1. The van der Waals surface area contributed by atoms with E-state index in [1.807, 2.05) is 36.5 Å². The fourth-order valence-corrected chi connectivity index (χ4v) is 2.88. The minimum absolute atomic E-state index is 0.814. The van der Waals surface area contributed by atoms with Gasteiger partial charge in [-0.05, 0) is 36.4 Å². The molecule has 1 N–H and O–H groups in total. The molecule has 4 rings (SSSR count). The second-order valence-corrected chi connectivity index (χ2v) is 5.50. The van der Waals surface area contributed by atoms with Crippen molar-refractivity contribution in [3.8, 4) is 0 Å². The minimum atomic E-state index is 0.814. The Kier molecular flexibility index (Phi) is 3.35. The summed E-state index contributed by atoms with van der Waals surface area (Å²) in [6.45, 7) is 2.10. The summed E-state index contributed by atoms with van der Waals surface area (Å²) in [5, 5.41) is 5.66. The monoisotopic (exact) mass is 289 g/mol. The largest absolute Gasteiger partial charge is 0.341 e. The lowest BCUT2D eigenvalue weighted by Gasteiger charge is -2.16. The maximum absolute atomic E-state index is 4.65. The van der Waals surface area contributed by atoms with Gasteiger partial charge in [0.05, 0.1) is 0 Å². The standard InChI is InChI=1S/C18H17N4/c1-2-8-15-14(6-1)7-5-9-16(15)20-17-10-11-19-18(21-17)22-12-3-4-13-22/h1-2,5-6,8-11H,3-4,12-13H2,(H,19,20,21). The highest BCUT2D eigenvalue weighted by molar-refractivity contribution is 5.94. The van der Waals surface area contributed by atoms with Crippen molar-refractivity contribution in [3.63, 3.8) is 0 Å². The van der Waals surface area contributed by atoms with Crippen LogP contribution in [0.4, 0.5) is 17.5 Å². The summed E-state index contributed by atoms with van der Waals surface area (Å²) in [4.78, 5) is 11.3. The van der Waals surface area contributed by atoms with Crippen molar-refractivity contribution in [2.75, 3.05) is 23.3 Å². The van der Waals surface area contributed by atoms with Gasteiger partial charge in [0.2, 0.25) is 5.95 Å². The maximum atomic E-state index is 4.65. The van der Waals surface area contributed by atoms with Gasteiger partial charge < -0.3 is 10.2 Å². The van der Waals surface area contributed by atoms with E-state index in [2.05, 4.69) is 38.4 Å². The molecule has 1 aromatic heterocycles. The van der Waals surface area contributed by atoms with E-state index in [-0.39, 0.29) is 0 Å². The highest BCUT2D eigenvalue weighted by atomic mass is 15.3. The Hall–Kier alpha value is -2.62. The molecule has 1 aliphatic rings. The van der Waals surface area contributed by atoms with Crippen LogP contribution >= 0.6 is 0 Å². The number of nitrogens with one attached hydrogen (secondary N) is 1. The third-order valence-electron chi connectivity index (χ3n) is 4.00. The van der Waals surface area contributed by atoms with E-state index in [9.17, 15) is 0 Å². The van der Waals surface area contributed by atoms with Crippen molar-refractivity contribution in [1.29, 1.82) is 0 Å². The second kappa shape index (κ2) is 5.64. The number of benzene rings is 2. The van der Waals surface area contributed by atoms with Gasteiger partial charge in [0.15, 0.2) is 0 Å². The Morgan fingerprint density at radius 2 is 1.91 bits per heavy atom. The summed E-state index contributed by atoms with van der Waals surface area (Å²) in [5.74, 6) is 1.64. The molecule has 4 heteroatoms. The summed E-state index contributed by atoms with van der Waals surface area (Å²) in [6.07, 6.45) is 4.26. The lowest BCUT2D eigenvalue weighted by atomic mass is 10.1. The fourth-order valence-electron chi connectivity index (χ4n) is 2.88. The van der Waals surface area contributed by atoms with Crippen LogP contribution in [0.1, 0.15) is 12.8 Å². The summed E-state index contributed by atoms with van der Waals surface area (Å²) in [6, 6.07) is 17.4. The van der Waals surface area contributed by atoms with Crippen LogP contribution in [0.2, 0.25) is 0 Å². The lowest BCUT2D eigenvalue weighted by molar-refractivity contribution is 0.900. The molecule has 1 fully saturated rings. The van der Waals surface area contributed by atoms with E-state index >= 15 is 0 Å². The summed E-state index contributed by atoms with van der Waals surface area (Å²) in [7, 11) is 0. The SMILES string of the molecule is [c]1ccc(Nc2ccnc(N3CCCC3)n2)c2ccccc12. The van der Waals surface area contributed by atoms with E-state index in [0.29, 0.717) is 0 Å². The molecule has 0 aliphatic carbocycles. The topological polar surface area (TPSA) is 41.1 Å². The van der Waals surface area contributed by atoms with Crippen LogP contribution in [0.3, 0.4) is 0 Å². The van der Waals surface area contributed by atoms with E-state index in [4.69, 9.17) is 0 Å². The van der Waals surface area contributed by atoms with E-state index in [1.165, 1.54) is 12.8 Å². The predicted molar refractivity (Wildman–Crippen MR) is 89.5 cm³/mol. The smallest absolute Gasteiger partial charge is 0.227 e. The van der Waals surface area contributed by atoms with Gasteiger partial charge in [-0.1, -0.05) is 30.3 Å². The normalized spacial score (nSPS) is 14.5. The number of hydrogen-bond donors (Lipinski definition) is 1. The van der Waals surface area contributed by atoms with Gasteiger partial charge in [-0.2, -0.15) is 4.98 Å². The molecule has 0 unspecified atom stereocenters. The molecule has 0 atom stereocenters. The number of anilines is 3. The van der Waals surface area contributed by atoms with Gasteiger partial charge >= 0.3 is 0 Å². The molecule has 0 bridgehead atoms. The quantitative estimate of drug-likeness (QED) is 0.797. The Labute approximate surface area is 129 Å². The molecule has 1 aliphatic heterocycles. The number of aromatic nitrogens is 2. The van der Waals surface area contributed by atoms with Crippen LogP contribution in [0, 0.1) is 6.07 Å². The van der Waals surface area contributed by atoms with Crippen molar-refractivity contribution < 1.29 is 0 Å². The molecule has 1 saturated heterocycles. The van der Waals surface area contributed by atoms with Crippen LogP contribution in [-0.4, -0.2) is 23.1 Å². The van der Waals surface area contributed by atoms with Crippen molar-refractivity contribution in [3.05, 3.63) is 54.7 Å². The zero-order valence-corrected chi connectivity index (χ0v) is 12.3. The van der Waals surface area contributed by atoms with Gasteiger partial charge in [-0.3, -0.25) is 0 Å². The number of fused-ring (bicyclic) bond motifs is 1. The molecule has 0 amide bonds. The summed E-state index contributed by atoms with van der Waals surface area (Å²) in [5.41, 5.74) is 1.04. The molecule has 1 radical (unpaired) electrons. The Morgan fingerprint density at radius 3 is 2.82 bits per heavy atom. The molecular weight excluding hydrogens is 272 g/mol. The van der Waals surface area contributed by atoms with Gasteiger partial charge in [0, 0.05) is 30.4 Å². The Bertz CT molecular complexity index is 788. The molecule has 2 heterocycles. The first-order valence-electron chi connectivity index (χ1n) is 7.65. The predicted octanol–water partition coefficient (Wildman–Crippen LogP) is 3.77. The van der Waals surface area contributed by atoms with E-state index < -0.39 is 0 Å². The Morgan fingerprint density at radius 1 is 1.05 bits per heavy atom. The third kappa shape index (κ3) is 2.48. The molecule has 4 nitrogen and oxygen atoms in total. The van der Waals surface area contributed by atoms with Crippen molar-refractivity contribution in [2.24, 2.45) is 0 Å². The Balaban J connectivity index is 1.66. The van der Waals surface area contributed by atoms with Gasteiger partial charge in [0.25, 0.3) is 0 Å². The average Bonchev–Trinajstić information content (AvgIpc) is 3.10. The van der Waals surface area contributed by atoms with Crippen molar-refractivity contribution in [2.45, 2.75) is 12.8 Å². The van der Waals surface area contributed by atoms with Crippen molar-refractivity contribution in [1.82, 2.24) is 9.97 Å². The van der Waals surface area contributed by atoms with E-state index in [1.54, 1.807) is 0 Å². The van der Waals surface area contributed by atoms with Crippen LogP contribution < -0.4 is 10.2 Å². The van der Waals surface area contributed by atoms with Crippen LogP contribution in [0.5, 0.6) is 0 Å². The summed E-state index contributed by atoms with van der Waals surface area (Å²) < 4.78 is 0. The molecule has 0 spiro atoms. The molecule has 0 saturated carbocycles. The van der Waals surface area contributed by atoms with Gasteiger partial charge in [-0.15, -0.1) is 0 Å². The highest BCUT2D eigenvalue weighted by Crippen LogP contribution is 2.26. The van der Waals surface area contributed by atoms with Crippen molar-refractivity contribution >= 4 is 28.2 Å². The second-order valence-electron chi connectivity index (χ2n) is 5.50. The fraction of sp³-hybridized carbons (Fsp3) is 0.222. The van der Waals surface area contributed by atoms with Gasteiger partial charge in [-0.25, -0.2) is 4.98 Å². The van der Waals surface area contributed by atoms with Crippen LogP contribution in [0.25, 0.3) is 10.8 Å². The first-order valence-corrected chi connectivity index (χ1v) is 7.65. The van der Waals surface area contributed by atoms with Gasteiger partial charge in [0.1, 0.15) is 5.82 Å². The third-order valence-corrected chi connectivity index (χ3v) is 4.00. The zero-order chi connectivity index (χ0) is 14.8. The molecule has 22 heavy (non-hydrogen) atoms. The molecule has 2 aromatic carbocycles. The maximum Gasteiger partial charge on any atom is 0.227 e. The van der Waals surface area contributed by atoms with Crippen LogP contribution in [0.15, 0.2) is 48.7 Å². The first-order chi connectivity index (χ1) is 10.9.